The molecule has 1 aromatic carbocycles. The quantitative estimate of drug-likeness (QED) is 0.941. The summed E-state index contributed by atoms with van der Waals surface area (Å²) in [6, 6.07) is 5.62. The Labute approximate surface area is 119 Å². The van der Waals surface area contributed by atoms with Crippen LogP contribution in [0.3, 0.4) is 0 Å². The van der Waals surface area contributed by atoms with Crippen LogP contribution in [0.4, 0.5) is 0 Å². The normalized spacial score (nSPS) is 17.6. The van der Waals surface area contributed by atoms with E-state index in [0.29, 0.717) is 18.9 Å². The molecule has 3 rings (SSSR count). The fourth-order valence-electron chi connectivity index (χ4n) is 2.51. The summed E-state index contributed by atoms with van der Waals surface area (Å²) in [6.07, 6.45) is -0.204. The summed E-state index contributed by atoms with van der Waals surface area (Å²) >= 11 is 1.32. The molecule has 0 aliphatic carbocycles. The van der Waals surface area contributed by atoms with E-state index in [1.54, 1.807) is 7.11 Å². The second-order valence-corrected chi connectivity index (χ2v) is 5.08. The summed E-state index contributed by atoms with van der Waals surface area (Å²) in [7, 11) is 1.58. The number of hydrogen-bond donors (Lipinski definition) is 1. The first-order valence-corrected chi connectivity index (χ1v) is 7.01. The fourth-order valence-corrected chi connectivity index (χ4v) is 3.16. The highest BCUT2D eigenvalue weighted by molar-refractivity contribution is 7.04. The third-order valence-electron chi connectivity index (χ3n) is 3.38. The van der Waals surface area contributed by atoms with Gasteiger partial charge >= 0.3 is 5.97 Å². The monoisotopic (exact) mass is 291 g/mol. The van der Waals surface area contributed by atoms with Crippen molar-refractivity contribution in [3.63, 3.8) is 0 Å². The first-order valence-electron chi connectivity index (χ1n) is 6.17. The lowest BCUT2D eigenvalue weighted by Crippen LogP contribution is -2.23. The molecule has 0 saturated heterocycles. The fraction of sp³-hybridized carbons (Fsp3) is 0.286. The van der Waals surface area contributed by atoms with Gasteiger partial charge in [0, 0.05) is 5.38 Å². The Hall–Kier alpha value is -1.92. The van der Waals surface area contributed by atoms with Gasteiger partial charge in [-0.1, -0.05) is 18.2 Å². The number of methoxy groups -OCH3 is 1. The molecular weight excluding hydrogens is 278 g/mol. The highest BCUT2D eigenvalue weighted by Gasteiger charge is 2.29. The van der Waals surface area contributed by atoms with Crippen molar-refractivity contribution in [1.82, 2.24) is 4.37 Å². The molecule has 20 heavy (non-hydrogen) atoms. The van der Waals surface area contributed by atoms with Crippen molar-refractivity contribution in [2.75, 3.05) is 13.7 Å². The zero-order valence-corrected chi connectivity index (χ0v) is 11.6. The summed E-state index contributed by atoms with van der Waals surface area (Å²) in [5.41, 5.74) is 3.60. The van der Waals surface area contributed by atoms with Gasteiger partial charge in [0.1, 0.15) is 0 Å². The topological polar surface area (TPSA) is 68.7 Å². The number of rotatable bonds is 3. The minimum Gasteiger partial charge on any atom is -0.480 e. The van der Waals surface area contributed by atoms with Gasteiger partial charge in [-0.15, -0.1) is 0 Å². The van der Waals surface area contributed by atoms with Gasteiger partial charge in [-0.25, -0.2) is 4.79 Å². The summed E-state index contributed by atoms with van der Waals surface area (Å²) in [6.45, 7) is 0.404. The molecule has 1 aliphatic heterocycles. The Kier molecular flexibility index (Phi) is 3.42. The van der Waals surface area contributed by atoms with E-state index in [-0.39, 0.29) is 0 Å². The van der Waals surface area contributed by atoms with Gasteiger partial charge in [0.05, 0.1) is 19.3 Å². The molecule has 2 heterocycles. The number of carboxylic acids is 1. The van der Waals surface area contributed by atoms with Gasteiger partial charge in [-0.3, -0.25) is 0 Å². The summed E-state index contributed by atoms with van der Waals surface area (Å²) in [5.74, 6) is -0.389. The van der Waals surface area contributed by atoms with E-state index in [1.165, 1.54) is 11.5 Å². The van der Waals surface area contributed by atoms with Crippen molar-refractivity contribution in [2.45, 2.75) is 12.5 Å². The molecule has 1 unspecified atom stereocenters. The van der Waals surface area contributed by atoms with E-state index in [4.69, 9.17) is 9.47 Å². The van der Waals surface area contributed by atoms with Crippen LogP contribution in [-0.4, -0.2) is 29.2 Å². The SMILES string of the molecule is COc1nscc1-c1cccc2c1CCOC2C(=O)O. The molecule has 1 N–H and O–H groups in total. The minimum absolute atomic E-state index is 0.404. The zero-order chi connectivity index (χ0) is 14.1. The van der Waals surface area contributed by atoms with Crippen molar-refractivity contribution in [3.05, 3.63) is 34.7 Å². The Bertz CT molecular complexity index is 652. The van der Waals surface area contributed by atoms with E-state index in [0.717, 1.165) is 22.3 Å². The predicted molar refractivity (Wildman–Crippen MR) is 74.1 cm³/mol. The maximum Gasteiger partial charge on any atom is 0.337 e. The molecule has 5 nitrogen and oxygen atoms in total. The summed E-state index contributed by atoms with van der Waals surface area (Å²) < 4.78 is 14.8. The minimum atomic E-state index is -0.960. The number of fused-ring (bicyclic) bond motifs is 1. The van der Waals surface area contributed by atoms with Crippen molar-refractivity contribution < 1.29 is 19.4 Å². The lowest BCUT2D eigenvalue weighted by atomic mass is 9.90. The highest BCUT2D eigenvalue weighted by Crippen LogP contribution is 2.38. The summed E-state index contributed by atoms with van der Waals surface area (Å²) in [5, 5.41) is 11.2. The average molecular weight is 291 g/mol. The lowest BCUT2D eigenvalue weighted by molar-refractivity contribution is -0.151. The molecule has 0 fully saturated rings. The standard InChI is InChI=1S/C14H13NO4S/c1-18-13-11(7-20-15-13)8-3-2-4-10-9(8)5-6-19-12(10)14(16)17/h2-4,7,12H,5-6H2,1H3,(H,16,17). The third kappa shape index (κ3) is 2.07. The molecule has 0 bridgehead atoms. The first-order chi connectivity index (χ1) is 9.72. The Morgan fingerprint density at radius 2 is 2.35 bits per heavy atom. The number of hydrogen-bond acceptors (Lipinski definition) is 5. The van der Waals surface area contributed by atoms with Crippen LogP contribution in [0.15, 0.2) is 23.6 Å². The number of benzene rings is 1. The lowest BCUT2D eigenvalue weighted by Gasteiger charge is -2.25. The van der Waals surface area contributed by atoms with Gasteiger partial charge in [-0.2, -0.15) is 4.37 Å². The van der Waals surface area contributed by atoms with Crippen molar-refractivity contribution in [2.24, 2.45) is 0 Å². The number of carboxylic acid groups (broad SMARTS) is 1. The number of aromatic nitrogens is 1. The van der Waals surface area contributed by atoms with Crippen LogP contribution >= 0.6 is 11.5 Å². The molecule has 0 radical (unpaired) electrons. The van der Waals surface area contributed by atoms with Crippen LogP contribution in [0, 0.1) is 0 Å². The van der Waals surface area contributed by atoms with E-state index >= 15 is 0 Å². The number of nitrogens with zero attached hydrogens (tertiary/aromatic N) is 1. The smallest absolute Gasteiger partial charge is 0.337 e. The average Bonchev–Trinajstić information content (AvgIpc) is 2.94. The molecule has 0 amide bonds. The first kappa shape index (κ1) is 13.1. The molecule has 1 aromatic heterocycles. The molecule has 0 saturated carbocycles. The highest BCUT2D eigenvalue weighted by atomic mass is 32.1. The van der Waals surface area contributed by atoms with Crippen molar-refractivity contribution >= 4 is 17.5 Å². The second-order valence-electron chi connectivity index (χ2n) is 4.45. The van der Waals surface area contributed by atoms with Crippen LogP contribution in [0.1, 0.15) is 17.2 Å². The van der Waals surface area contributed by atoms with Crippen LogP contribution in [0.2, 0.25) is 0 Å². The molecular formula is C14H13NO4S. The van der Waals surface area contributed by atoms with Crippen molar-refractivity contribution in [3.8, 4) is 17.0 Å². The Morgan fingerprint density at radius 1 is 1.50 bits per heavy atom. The molecule has 6 heteroatoms. The van der Waals surface area contributed by atoms with Gasteiger partial charge in [0.2, 0.25) is 5.88 Å². The Balaban J connectivity index is 2.15. The zero-order valence-electron chi connectivity index (χ0n) is 10.8. The second kappa shape index (κ2) is 5.22. The molecule has 1 aliphatic rings. The van der Waals surface area contributed by atoms with E-state index in [9.17, 15) is 9.90 Å². The molecule has 1 atom stereocenters. The van der Waals surface area contributed by atoms with E-state index in [2.05, 4.69) is 4.37 Å². The number of aliphatic carboxylic acids is 1. The maximum absolute atomic E-state index is 11.3. The van der Waals surface area contributed by atoms with Gasteiger partial charge < -0.3 is 14.6 Å². The largest absolute Gasteiger partial charge is 0.480 e. The molecule has 104 valence electrons. The maximum atomic E-state index is 11.3. The van der Waals surface area contributed by atoms with Gasteiger partial charge in [0.15, 0.2) is 6.10 Å². The van der Waals surface area contributed by atoms with Crippen molar-refractivity contribution in [1.29, 1.82) is 0 Å². The molecule has 0 spiro atoms. The van der Waals surface area contributed by atoms with Crippen LogP contribution in [0.25, 0.3) is 11.1 Å². The van der Waals surface area contributed by atoms with Crippen LogP contribution < -0.4 is 4.74 Å². The van der Waals surface area contributed by atoms with E-state index in [1.807, 2.05) is 23.6 Å². The number of carbonyl (C=O) groups is 1. The Morgan fingerprint density at radius 3 is 3.10 bits per heavy atom. The van der Waals surface area contributed by atoms with Gasteiger partial charge in [-0.05, 0) is 34.6 Å². The van der Waals surface area contributed by atoms with Crippen LogP contribution in [-0.2, 0) is 16.0 Å². The predicted octanol–water partition coefficient (Wildman–Crippen LogP) is 2.52. The van der Waals surface area contributed by atoms with Crippen LogP contribution in [0.5, 0.6) is 5.88 Å². The molecule has 2 aromatic rings. The van der Waals surface area contributed by atoms with E-state index < -0.39 is 12.1 Å². The number of ether oxygens (including phenoxy) is 2. The van der Waals surface area contributed by atoms with Gasteiger partial charge in [0.25, 0.3) is 0 Å². The summed E-state index contributed by atoms with van der Waals surface area (Å²) in [4.78, 5) is 11.3. The third-order valence-corrected chi connectivity index (χ3v) is 3.99.